The fourth-order valence-corrected chi connectivity index (χ4v) is 5.78. The van der Waals surface area contributed by atoms with Crippen LogP contribution in [-0.2, 0) is 23.8 Å². The van der Waals surface area contributed by atoms with Gasteiger partial charge in [0.2, 0.25) is 0 Å². The molecule has 3 fully saturated rings. The minimum atomic E-state index is -1.16. The molecule has 6 atom stereocenters. The summed E-state index contributed by atoms with van der Waals surface area (Å²) in [6, 6.07) is 0. The number of aliphatic hydroxyl groups is 1. The molecular weight excluding hydrogens is 336 g/mol. The Morgan fingerprint density at radius 1 is 1.27 bits per heavy atom. The van der Waals surface area contributed by atoms with Crippen molar-refractivity contribution in [3.8, 4) is 0 Å². The zero-order valence-corrected chi connectivity index (χ0v) is 15.9. The van der Waals surface area contributed by atoms with E-state index >= 15 is 0 Å². The highest BCUT2D eigenvalue weighted by Gasteiger charge is 2.66. The van der Waals surface area contributed by atoms with Crippen LogP contribution >= 0.6 is 0 Å². The maximum absolute atomic E-state index is 12.1. The van der Waals surface area contributed by atoms with E-state index in [0.29, 0.717) is 24.8 Å². The van der Waals surface area contributed by atoms with Gasteiger partial charge in [-0.15, -0.1) is 0 Å². The average Bonchev–Trinajstić information content (AvgIpc) is 2.85. The number of ketones is 1. The normalized spacial score (nSPS) is 46.7. The van der Waals surface area contributed by atoms with Crippen LogP contribution < -0.4 is 0 Å². The number of carbonyl (C=O) groups is 2. The van der Waals surface area contributed by atoms with Crippen LogP contribution in [0.1, 0.15) is 59.8 Å². The van der Waals surface area contributed by atoms with Gasteiger partial charge in [-0.2, -0.15) is 0 Å². The molecule has 0 amide bonds. The summed E-state index contributed by atoms with van der Waals surface area (Å²) in [4.78, 5) is 23.7. The van der Waals surface area contributed by atoms with Gasteiger partial charge in [0.1, 0.15) is 6.10 Å². The molecule has 1 saturated heterocycles. The van der Waals surface area contributed by atoms with E-state index in [4.69, 9.17) is 14.2 Å². The SMILES string of the molecule is CC(=O)OC1CC2C3OC(C)(C)OC3CCC2(C)C2(O)CCC(=O)C=C12. The lowest BCUT2D eigenvalue weighted by atomic mass is 9.48. The van der Waals surface area contributed by atoms with Crippen LogP contribution in [0, 0.1) is 11.3 Å². The van der Waals surface area contributed by atoms with Gasteiger partial charge in [0.15, 0.2) is 11.6 Å². The summed E-state index contributed by atoms with van der Waals surface area (Å²) in [6.07, 6.45) is 3.57. The Balaban J connectivity index is 1.77. The van der Waals surface area contributed by atoms with E-state index in [1.54, 1.807) is 0 Å². The quantitative estimate of drug-likeness (QED) is 0.719. The van der Waals surface area contributed by atoms with Gasteiger partial charge >= 0.3 is 5.97 Å². The molecule has 1 N–H and O–H groups in total. The van der Waals surface area contributed by atoms with Crippen molar-refractivity contribution in [2.75, 3.05) is 0 Å². The van der Waals surface area contributed by atoms with Crippen LogP contribution in [-0.4, -0.2) is 46.6 Å². The molecule has 0 bridgehead atoms. The van der Waals surface area contributed by atoms with E-state index in [1.165, 1.54) is 13.0 Å². The third-order valence-corrected chi connectivity index (χ3v) is 6.98. The lowest BCUT2D eigenvalue weighted by Gasteiger charge is -2.60. The van der Waals surface area contributed by atoms with Crippen LogP contribution in [0.3, 0.4) is 0 Å². The third kappa shape index (κ3) is 2.49. The van der Waals surface area contributed by atoms with Gasteiger partial charge in [-0.1, -0.05) is 6.92 Å². The van der Waals surface area contributed by atoms with Crippen molar-refractivity contribution in [3.63, 3.8) is 0 Å². The number of ether oxygens (including phenoxy) is 3. The van der Waals surface area contributed by atoms with Crippen molar-refractivity contribution in [1.29, 1.82) is 0 Å². The monoisotopic (exact) mass is 364 g/mol. The van der Waals surface area contributed by atoms with Crippen molar-refractivity contribution in [2.24, 2.45) is 11.3 Å². The molecule has 0 aromatic heterocycles. The number of carbonyl (C=O) groups excluding carboxylic acids is 2. The van der Waals surface area contributed by atoms with Crippen LogP contribution in [0.2, 0.25) is 0 Å². The molecule has 6 heteroatoms. The summed E-state index contributed by atoms with van der Waals surface area (Å²) in [6.45, 7) is 7.28. The van der Waals surface area contributed by atoms with Crippen molar-refractivity contribution in [1.82, 2.24) is 0 Å². The Morgan fingerprint density at radius 3 is 2.69 bits per heavy atom. The van der Waals surface area contributed by atoms with Gasteiger partial charge in [0, 0.05) is 30.3 Å². The molecule has 4 aliphatic rings. The Labute approximate surface area is 153 Å². The highest BCUT2D eigenvalue weighted by molar-refractivity contribution is 5.92. The van der Waals surface area contributed by atoms with Crippen molar-refractivity contribution in [3.05, 3.63) is 11.6 Å². The number of hydrogen-bond donors (Lipinski definition) is 1. The smallest absolute Gasteiger partial charge is 0.303 e. The van der Waals surface area contributed by atoms with Gasteiger partial charge in [-0.3, -0.25) is 9.59 Å². The largest absolute Gasteiger partial charge is 0.458 e. The third-order valence-electron chi connectivity index (χ3n) is 6.98. The molecule has 1 aliphatic heterocycles. The molecule has 144 valence electrons. The molecule has 6 unspecified atom stereocenters. The molecule has 0 aromatic rings. The predicted molar refractivity (Wildman–Crippen MR) is 92.1 cm³/mol. The summed E-state index contributed by atoms with van der Waals surface area (Å²) in [5.74, 6) is -1.09. The van der Waals surface area contributed by atoms with Gasteiger partial charge in [0.25, 0.3) is 0 Å². The molecule has 0 spiro atoms. The first-order valence-corrected chi connectivity index (χ1v) is 9.56. The summed E-state index contributed by atoms with van der Waals surface area (Å²) >= 11 is 0. The molecule has 2 saturated carbocycles. The number of allylic oxidation sites excluding steroid dienone is 1. The van der Waals surface area contributed by atoms with Crippen molar-refractivity contribution in [2.45, 2.75) is 89.5 Å². The van der Waals surface area contributed by atoms with E-state index in [1.807, 2.05) is 13.8 Å². The predicted octanol–water partition coefficient (Wildman–Crippen LogP) is 2.28. The first-order chi connectivity index (χ1) is 12.1. The van der Waals surface area contributed by atoms with Gasteiger partial charge in [0.05, 0.1) is 17.8 Å². The summed E-state index contributed by atoms with van der Waals surface area (Å²) in [5, 5.41) is 11.8. The Hall–Kier alpha value is -1.24. The first kappa shape index (κ1) is 18.1. The number of fused-ring (bicyclic) bond motifs is 5. The van der Waals surface area contributed by atoms with Crippen molar-refractivity contribution >= 4 is 11.8 Å². The minimum absolute atomic E-state index is 0.0114. The van der Waals surface area contributed by atoms with E-state index in [0.717, 1.165) is 12.8 Å². The second kappa shape index (κ2) is 5.63. The van der Waals surface area contributed by atoms with E-state index in [-0.39, 0.29) is 23.9 Å². The van der Waals surface area contributed by atoms with E-state index in [9.17, 15) is 14.7 Å². The molecule has 0 aromatic carbocycles. The molecule has 1 heterocycles. The number of esters is 1. The zero-order valence-electron chi connectivity index (χ0n) is 15.9. The second-order valence-corrected chi connectivity index (χ2v) is 8.96. The maximum atomic E-state index is 12.1. The Morgan fingerprint density at radius 2 is 2.00 bits per heavy atom. The van der Waals surface area contributed by atoms with Gasteiger partial charge in [-0.05, 0) is 45.6 Å². The maximum Gasteiger partial charge on any atom is 0.303 e. The number of rotatable bonds is 1. The van der Waals surface area contributed by atoms with Gasteiger partial charge < -0.3 is 19.3 Å². The van der Waals surface area contributed by atoms with Crippen LogP contribution in [0.15, 0.2) is 11.6 Å². The standard InChI is InChI=1S/C20H28O6/c1-11(21)24-16-10-14-17-15(25-18(2,3)26-17)6-7-19(14,4)20(23)8-5-12(22)9-13(16)20/h9,14-17,23H,5-8,10H2,1-4H3. The minimum Gasteiger partial charge on any atom is -0.458 e. The Bertz CT molecular complexity index is 682. The molecule has 4 rings (SSSR count). The van der Waals surface area contributed by atoms with E-state index in [2.05, 4.69) is 6.92 Å². The fraction of sp³-hybridized carbons (Fsp3) is 0.800. The second-order valence-electron chi connectivity index (χ2n) is 8.96. The lowest BCUT2D eigenvalue weighted by Crippen LogP contribution is -2.65. The molecule has 0 radical (unpaired) electrons. The first-order valence-electron chi connectivity index (χ1n) is 9.56. The topological polar surface area (TPSA) is 82.1 Å². The summed E-state index contributed by atoms with van der Waals surface area (Å²) in [5.41, 5.74) is -1.04. The van der Waals surface area contributed by atoms with Crippen molar-refractivity contribution < 1.29 is 28.9 Å². The highest BCUT2D eigenvalue weighted by Crippen LogP contribution is 2.62. The fourth-order valence-electron chi connectivity index (χ4n) is 5.78. The molecule has 3 aliphatic carbocycles. The highest BCUT2D eigenvalue weighted by atomic mass is 16.8. The lowest BCUT2D eigenvalue weighted by molar-refractivity contribution is -0.197. The molecule has 6 nitrogen and oxygen atoms in total. The van der Waals surface area contributed by atoms with Gasteiger partial charge in [-0.25, -0.2) is 0 Å². The summed E-state index contributed by atoms with van der Waals surface area (Å²) < 4.78 is 17.8. The molecule has 26 heavy (non-hydrogen) atoms. The summed E-state index contributed by atoms with van der Waals surface area (Å²) in [7, 11) is 0. The number of hydrogen-bond acceptors (Lipinski definition) is 6. The average molecular weight is 364 g/mol. The Kier molecular flexibility index (Phi) is 3.93. The van der Waals surface area contributed by atoms with E-state index < -0.39 is 28.9 Å². The van der Waals surface area contributed by atoms with Crippen LogP contribution in [0.4, 0.5) is 0 Å². The van der Waals surface area contributed by atoms with Crippen LogP contribution in [0.25, 0.3) is 0 Å². The van der Waals surface area contributed by atoms with Crippen LogP contribution in [0.5, 0.6) is 0 Å². The zero-order chi connectivity index (χ0) is 18.9. The molecular formula is C20H28O6.